The lowest BCUT2D eigenvalue weighted by molar-refractivity contribution is 0.0922. The summed E-state index contributed by atoms with van der Waals surface area (Å²) in [6.07, 6.45) is 3.26. The zero-order valence-corrected chi connectivity index (χ0v) is 11.4. The number of piperidine rings is 1. The third-order valence-corrected chi connectivity index (χ3v) is 4.65. The molecule has 0 saturated carbocycles. The van der Waals surface area contributed by atoms with E-state index in [1.165, 1.54) is 14.1 Å². The van der Waals surface area contributed by atoms with Gasteiger partial charge in [0.1, 0.15) is 0 Å². The largest absolute Gasteiger partial charge is 0.395 e. The normalized spacial score (nSPS) is 23.2. The van der Waals surface area contributed by atoms with Crippen LogP contribution in [0.15, 0.2) is 0 Å². The Labute approximate surface area is 104 Å². The molecule has 102 valence electrons. The fourth-order valence-corrected chi connectivity index (χ4v) is 2.62. The molecule has 0 radical (unpaired) electrons. The lowest BCUT2D eigenvalue weighted by atomic mass is 10.0. The molecule has 1 atom stereocenters. The van der Waals surface area contributed by atoms with Crippen molar-refractivity contribution >= 4 is 10.2 Å². The molecule has 1 fully saturated rings. The average Bonchev–Trinajstić information content (AvgIpc) is 2.29. The SMILES string of the molecule is CN(C)S(=O)(=O)NCCN1CCCCC1CO. The molecule has 1 saturated heterocycles. The smallest absolute Gasteiger partial charge is 0.278 e. The van der Waals surface area contributed by atoms with E-state index in [1.54, 1.807) is 0 Å². The third-order valence-electron chi connectivity index (χ3n) is 3.12. The number of rotatable bonds is 6. The maximum Gasteiger partial charge on any atom is 0.278 e. The quantitative estimate of drug-likeness (QED) is 0.661. The van der Waals surface area contributed by atoms with Gasteiger partial charge < -0.3 is 5.11 Å². The lowest BCUT2D eigenvalue weighted by Crippen LogP contribution is -2.46. The summed E-state index contributed by atoms with van der Waals surface area (Å²) in [4.78, 5) is 2.15. The Hall–Kier alpha value is -0.210. The van der Waals surface area contributed by atoms with Crippen LogP contribution in [0.2, 0.25) is 0 Å². The summed E-state index contributed by atoms with van der Waals surface area (Å²) in [7, 11) is -0.330. The second-order valence-corrected chi connectivity index (χ2v) is 6.52. The summed E-state index contributed by atoms with van der Waals surface area (Å²) in [6, 6.07) is 0.188. The van der Waals surface area contributed by atoms with Crippen LogP contribution in [0, 0.1) is 0 Å². The van der Waals surface area contributed by atoms with Gasteiger partial charge in [-0.2, -0.15) is 12.7 Å². The van der Waals surface area contributed by atoms with Crippen molar-refractivity contribution in [3.8, 4) is 0 Å². The fourth-order valence-electron chi connectivity index (χ4n) is 2.01. The van der Waals surface area contributed by atoms with Gasteiger partial charge in [-0.05, 0) is 19.4 Å². The molecule has 0 amide bonds. The average molecular weight is 265 g/mol. The first kappa shape index (κ1) is 14.8. The predicted molar refractivity (Wildman–Crippen MR) is 66.9 cm³/mol. The van der Waals surface area contributed by atoms with Gasteiger partial charge in [0, 0.05) is 33.2 Å². The number of aliphatic hydroxyl groups is 1. The molecule has 17 heavy (non-hydrogen) atoms. The zero-order chi connectivity index (χ0) is 12.9. The highest BCUT2D eigenvalue weighted by Crippen LogP contribution is 2.15. The highest BCUT2D eigenvalue weighted by Gasteiger charge is 2.21. The van der Waals surface area contributed by atoms with Crippen molar-refractivity contribution in [1.82, 2.24) is 13.9 Å². The van der Waals surface area contributed by atoms with E-state index in [1.807, 2.05) is 0 Å². The Morgan fingerprint density at radius 3 is 2.71 bits per heavy atom. The Morgan fingerprint density at radius 2 is 2.12 bits per heavy atom. The predicted octanol–water partition coefficient (Wildman–Crippen LogP) is -0.771. The Bertz CT molecular complexity index is 319. The van der Waals surface area contributed by atoms with Crippen molar-refractivity contribution in [2.75, 3.05) is 40.3 Å². The fraction of sp³-hybridized carbons (Fsp3) is 1.00. The first-order chi connectivity index (χ1) is 7.97. The van der Waals surface area contributed by atoms with E-state index in [0.717, 1.165) is 30.1 Å². The molecule has 0 aromatic carbocycles. The van der Waals surface area contributed by atoms with E-state index in [2.05, 4.69) is 9.62 Å². The highest BCUT2D eigenvalue weighted by molar-refractivity contribution is 7.87. The minimum Gasteiger partial charge on any atom is -0.395 e. The molecule has 1 aliphatic heterocycles. The first-order valence-electron chi connectivity index (χ1n) is 5.99. The van der Waals surface area contributed by atoms with E-state index in [4.69, 9.17) is 0 Å². The van der Waals surface area contributed by atoms with Crippen molar-refractivity contribution in [1.29, 1.82) is 0 Å². The number of nitrogens with zero attached hydrogens (tertiary/aromatic N) is 2. The molecule has 0 spiro atoms. The van der Waals surface area contributed by atoms with Crippen LogP contribution in [-0.2, 0) is 10.2 Å². The maximum absolute atomic E-state index is 11.5. The van der Waals surface area contributed by atoms with Gasteiger partial charge in [-0.3, -0.25) is 4.90 Å². The van der Waals surface area contributed by atoms with Gasteiger partial charge in [0.2, 0.25) is 0 Å². The second kappa shape index (κ2) is 6.65. The number of aliphatic hydroxyl groups excluding tert-OH is 1. The third kappa shape index (κ3) is 4.51. The number of nitrogens with one attached hydrogen (secondary N) is 1. The highest BCUT2D eigenvalue weighted by atomic mass is 32.2. The van der Waals surface area contributed by atoms with Gasteiger partial charge >= 0.3 is 0 Å². The molecule has 0 aromatic heterocycles. The standard InChI is InChI=1S/C10H23N3O3S/c1-12(2)17(15,16)11-6-8-13-7-4-3-5-10(13)9-14/h10-11,14H,3-9H2,1-2H3. The van der Waals surface area contributed by atoms with Crippen LogP contribution in [0.25, 0.3) is 0 Å². The van der Waals surface area contributed by atoms with Crippen molar-refractivity contribution in [3.05, 3.63) is 0 Å². The Kier molecular flexibility index (Phi) is 5.81. The molecule has 1 aliphatic rings. The van der Waals surface area contributed by atoms with Crippen molar-refractivity contribution < 1.29 is 13.5 Å². The van der Waals surface area contributed by atoms with Crippen LogP contribution in [-0.4, -0.2) is 69.1 Å². The monoisotopic (exact) mass is 265 g/mol. The van der Waals surface area contributed by atoms with Crippen LogP contribution in [0.4, 0.5) is 0 Å². The number of hydrogen-bond donors (Lipinski definition) is 2. The van der Waals surface area contributed by atoms with E-state index in [9.17, 15) is 13.5 Å². The second-order valence-electron chi connectivity index (χ2n) is 4.55. The number of likely N-dealkylation sites (tertiary alicyclic amines) is 1. The summed E-state index contributed by atoms with van der Waals surface area (Å²) < 4.78 is 26.6. The van der Waals surface area contributed by atoms with Crippen LogP contribution in [0.3, 0.4) is 0 Å². The van der Waals surface area contributed by atoms with Crippen molar-refractivity contribution in [3.63, 3.8) is 0 Å². The van der Waals surface area contributed by atoms with Gasteiger partial charge in [-0.1, -0.05) is 6.42 Å². The summed E-state index contributed by atoms with van der Waals surface area (Å²) in [6.45, 7) is 2.13. The zero-order valence-electron chi connectivity index (χ0n) is 10.6. The van der Waals surface area contributed by atoms with E-state index < -0.39 is 10.2 Å². The van der Waals surface area contributed by atoms with Crippen molar-refractivity contribution in [2.45, 2.75) is 25.3 Å². The van der Waals surface area contributed by atoms with Crippen LogP contribution in [0.5, 0.6) is 0 Å². The summed E-state index contributed by atoms with van der Waals surface area (Å²) >= 11 is 0. The minimum atomic E-state index is -3.33. The Balaban J connectivity index is 2.35. The molecule has 6 nitrogen and oxygen atoms in total. The van der Waals surface area contributed by atoms with Crippen LogP contribution < -0.4 is 4.72 Å². The minimum absolute atomic E-state index is 0.153. The molecule has 1 unspecified atom stereocenters. The van der Waals surface area contributed by atoms with Gasteiger partial charge in [-0.25, -0.2) is 4.72 Å². The molecule has 1 rings (SSSR count). The molecule has 1 heterocycles. The molecule has 7 heteroatoms. The van der Waals surface area contributed by atoms with E-state index >= 15 is 0 Å². The molecular formula is C10H23N3O3S. The van der Waals surface area contributed by atoms with E-state index in [-0.39, 0.29) is 12.6 Å². The van der Waals surface area contributed by atoms with Gasteiger partial charge in [-0.15, -0.1) is 0 Å². The van der Waals surface area contributed by atoms with Gasteiger partial charge in [0.15, 0.2) is 0 Å². The van der Waals surface area contributed by atoms with Gasteiger partial charge in [0.05, 0.1) is 6.61 Å². The Morgan fingerprint density at radius 1 is 1.41 bits per heavy atom. The number of hydrogen-bond acceptors (Lipinski definition) is 4. The molecule has 2 N–H and O–H groups in total. The maximum atomic E-state index is 11.5. The lowest BCUT2D eigenvalue weighted by Gasteiger charge is -2.34. The van der Waals surface area contributed by atoms with Crippen LogP contribution in [0.1, 0.15) is 19.3 Å². The molecule has 0 aliphatic carbocycles. The summed E-state index contributed by atoms with van der Waals surface area (Å²) in [5.41, 5.74) is 0. The van der Waals surface area contributed by atoms with Crippen LogP contribution >= 0.6 is 0 Å². The summed E-state index contributed by atoms with van der Waals surface area (Å²) in [5.74, 6) is 0. The molecule has 0 aromatic rings. The molecule has 0 bridgehead atoms. The van der Waals surface area contributed by atoms with Crippen molar-refractivity contribution in [2.24, 2.45) is 0 Å². The first-order valence-corrected chi connectivity index (χ1v) is 7.43. The topological polar surface area (TPSA) is 72.9 Å². The van der Waals surface area contributed by atoms with E-state index in [0.29, 0.717) is 13.1 Å². The molecular weight excluding hydrogens is 242 g/mol. The summed E-state index contributed by atoms with van der Waals surface area (Å²) in [5, 5.41) is 9.22. The van der Waals surface area contributed by atoms with Gasteiger partial charge in [0.25, 0.3) is 10.2 Å².